The van der Waals surface area contributed by atoms with Crippen molar-refractivity contribution in [1.29, 1.82) is 0 Å². The van der Waals surface area contributed by atoms with E-state index in [0.717, 1.165) is 45.3 Å². The van der Waals surface area contributed by atoms with Gasteiger partial charge in [-0.15, -0.1) is 11.3 Å². The Bertz CT molecular complexity index is 808. The van der Waals surface area contributed by atoms with Crippen molar-refractivity contribution in [2.75, 3.05) is 26.7 Å². The summed E-state index contributed by atoms with van der Waals surface area (Å²) in [5.74, 6) is 0.211. The molecule has 2 aromatic rings. The zero-order valence-corrected chi connectivity index (χ0v) is 18.3. The number of nitrogens with zero attached hydrogens (tertiary/aromatic N) is 2. The van der Waals surface area contributed by atoms with E-state index in [1.54, 1.807) is 11.3 Å². The van der Waals surface area contributed by atoms with Gasteiger partial charge in [0.05, 0.1) is 6.04 Å². The molecule has 156 valence electrons. The molecule has 3 atom stereocenters. The molecule has 1 aromatic heterocycles. The quantitative estimate of drug-likeness (QED) is 0.765. The molecule has 2 aliphatic rings. The molecule has 3 heterocycles. The smallest absolute Gasteiger partial charge is 0.241 e. The highest BCUT2D eigenvalue weighted by atomic mass is 32.1. The number of nitrogens with one attached hydrogen (secondary N) is 2. The monoisotopic (exact) mass is 412 g/mol. The number of likely N-dealkylation sites (N-methyl/N-ethyl adjacent to an activating group) is 1. The molecule has 1 amide bonds. The minimum Gasteiger partial charge on any atom is -0.340 e. The normalized spacial score (nSPS) is 25.2. The van der Waals surface area contributed by atoms with Crippen molar-refractivity contribution < 1.29 is 4.79 Å². The van der Waals surface area contributed by atoms with Crippen molar-refractivity contribution in [3.8, 4) is 0 Å². The van der Waals surface area contributed by atoms with Crippen LogP contribution >= 0.6 is 11.3 Å². The molecule has 1 aromatic carbocycles. The maximum atomic E-state index is 13.1. The highest BCUT2D eigenvalue weighted by Crippen LogP contribution is 2.29. The highest BCUT2D eigenvalue weighted by molar-refractivity contribution is 7.12. The van der Waals surface area contributed by atoms with E-state index < -0.39 is 0 Å². The molecule has 0 saturated carbocycles. The van der Waals surface area contributed by atoms with Crippen LogP contribution in [0.15, 0.2) is 42.5 Å². The van der Waals surface area contributed by atoms with Gasteiger partial charge in [0.25, 0.3) is 0 Å². The molecule has 0 aliphatic carbocycles. The zero-order valence-electron chi connectivity index (χ0n) is 17.4. The van der Waals surface area contributed by atoms with Crippen molar-refractivity contribution >= 4 is 17.2 Å². The second-order valence-corrected chi connectivity index (χ2v) is 9.68. The number of hydrogen-bond acceptors (Lipinski definition) is 5. The van der Waals surface area contributed by atoms with Crippen LogP contribution in [0.25, 0.3) is 0 Å². The van der Waals surface area contributed by atoms with Crippen LogP contribution in [0.4, 0.5) is 0 Å². The largest absolute Gasteiger partial charge is 0.340 e. The van der Waals surface area contributed by atoms with Crippen molar-refractivity contribution in [3.05, 3.63) is 57.8 Å². The van der Waals surface area contributed by atoms with Crippen molar-refractivity contribution in [3.63, 3.8) is 0 Å². The number of hydrazine groups is 1. The predicted octanol–water partition coefficient (Wildman–Crippen LogP) is 3.13. The Labute approximate surface area is 178 Å². The Morgan fingerprint density at radius 2 is 2.03 bits per heavy atom. The SMILES string of the molecule is Cc1ccc(C2CC(C(=O)N(C)C3CCCN(CCc4ccccc4)C3)NN2)s1. The minimum absolute atomic E-state index is 0.146. The summed E-state index contributed by atoms with van der Waals surface area (Å²) in [7, 11) is 1.98. The fourth-order valence-corrected chi connectivity index (χ4v) is 5.39. The third kappa shape index (κ3) is 5.07. The van der Waals surface area contributed by atoms with Gasteiger partial charge in [0, 0.05) is 35.9 Å². The maximum absolute atomic E-state index is 13.1. The summed E-state index contributed by atoms with van der Waals surface area (Å²) in [5, 5.41) is 0. The fraction of sp³-hybridized carbons (Fsp3) is 0.522. The number of piperidine rings is 1. The van der Waals surface area contributed by atoms with Gasteiger partial charge < -0.3 is 9.80 Å². The van der Waals surface area contributed by atoms with Crippen LogP contribution in [0.2, 0.25) is 0 Å². The Morgan fingerprint density at radius 3 is 2.79 bits per heavy atom. The average molecular weight is 413 g/mol. The van der Waals surface area contributed by atoms with Gasteiger partial charge in [-0.05, 0) is 56.8 Å². The molecule has 4 rings (SSSR count). The van der Waals surface area contributed by atoms with Crippen LogP contribution in [-0.4, -0.2) is 54.5 Å². The second kappa shape index (κ2) is 9.39. The molecular formula is C23H32N4OS. The molecule has 5 nitrogen and oxygen atoms in total. The lowest BCUT2D eigenvalue weighted by Crippen LogP contribution is -2.53. The van der Waals surface area contributed by atoms with Gasteiger partial charge in [-0.2, -0.15) is 0 Å². The van der Waals surface area contributed by atoms with E-state index in [1.165, 1.54) is 15.3 Å². The molecule has 0 spiro atoms. The summed E-state index contributed by atoms with van der Waals surface area (Å²) in [6, 6.07) is 15.4. The van der Waals surface area contributed by atoms with Crippen LogP contribution in [-0.2, 0) is 11.2 Å². The molecule has 0 radical (unpaired) electrons. The van der Waals surface area contributed by atoms with Crippen molar-refractivity contribution in [2.45, 2.75) is 50.7 Å². The number of thiophene rings is 1. The lowest BCUT2D eigenvalue weighted by Gasteiger charge is -2.38. The molecule has 2 saturated heterocycles. The van der Waals surface area contributed by atoms with Gasteiger partial charge >= 0.3 is 0 Å². The number of rotatable bonds is 6. The predicted molar refractivity (Wildman–Crippen MR) is 119 cm³/mol. The Kier molecular flexibility index (Phi) is 6.65. The Balaban J connectivity index is 1.29. The molecule has 2 aliphatic heterocycles. The lowest BCUT2D eigenvalue weighted by molar-refractivity contribution is -0.135. The zero-order chi connectivity index (χ0) is 20.2. The first-order chi connectivity index (χ1) is 14.1. The summed E-state index contributed by atoms with van der Waals surface area (Å²) < 4.78 is 0. The van der Waals surface area contributed by atoms with Crippen LogP contribution < -0.4 is 10.9 Å². The van der Waals surface area contributed by atoms with Crippen LogP contribution in [0, 0.1) is 6.92 Å². The van der Waals surface area contributed by atoms with E-state index >= 15 is 0 Å². The molecule has 0 bridgehead atoms. The summed E-state index contributed by atoms with van der Waals surface area (Å²) in [4.78, 5) is 20.2. The number of carbonyl (C=O) groups excluding carboxylic acids is 1. The van der Waals surface area contributed by atoms with E-state index in [-0.39, 0.29) is 18.0 Å². The fourth-order valence-electron chi connectivity index (χ4n) is 4.45. The first-order valence-corrected chi connectivity index (χ1v) is 11.5. The van der Waals surface area contributed by atoms with Crippen molar-refractivity contribution in [1.82, 2.24) is 20.7 Å². The van der Waals surface area contributed by atoms with Gasteiger partial charge in [0.2, 0.25) is 5.91 Å². The first-order valence-electron chi connectivity index (χ1n) is 10.7. The van der Waals surface area contributed by atoms with Gasteiger partial charge in [-0.3, -0.25) is 4.79 Å². The van der Waals surface area contributed by atoms with Gasteiger partial charge in [-0.1, -0.05) is 30.3 Å². The summed E-state index contributed by atoms with van der Waals surface area (Å²) in [6.07, 6.45) is 4.14. The molecule has 6 heteroatoms. The molecule has 2 fully saturated rings. The minimum atomic E-state index is -0.146. The average Bonchev–Trinajstić information content (AvgIpc) is 3.41. The maximum Gasteiger partial charge on any atom is 0.241 e. The van der Waals surface area contributed by atoms with E-state index in [0.29, 0.717) is 6.04 Å². The molecule has 29 heavy (non-hydrogen) atoms. The summed E-state index contributed by atoms with van der Waals surface area (Å²) in [6.45, 7) is 5.29. The van der Waals surface area contributed by atoms with Crippen LogP contribution in [0.3, 0.4) is 0 Å². The Hall–Kier alpha value is -1.73. The molecule has 3 unspecified atom stereocenters. The number of amides is 1. The van der Waals surface area contributed by atoms with E-state index in [2.05, 4.69) is 65.1 Å². The van der Waals surface area contributed by atoms with E-state index in [9.17, 15) is 4.79 Å². The third-order valence-corrected chi connectivity index (χ3v) is 7.36. The first kappa shape index (κ1) is 20.5. The van der Waals surface area contributed by atoms with E-state index in [1.807, 2.05) is 11.9 Å². The number of carbonyl (C=O) groups is 1. The lowest BCUT2D eigenvalue weighted by atomic mass is 10.0. The number of likely N-dealkylation sites (tertiary alicyclic amines) is 1. The standard InChI is InChI=1S/C23H32N4OS/c1-17-10-11-22(29-17)20-15-21(25-24-20)23(28)26(2)19-9-6-13-27(16-19)14-12-18-7-4-3-5-8-18/h3-5,7-8,10-11,19-21,24-25H,6,9,12-16H2,1-2H3. The number of hydrogen-bond donors (Lipinski definition) is 2. The number of aryl methyl sites for hydroxylation is 1. The molecular weight excluding hydrogens is 380 g/mol. The summed E-state index contributed by atoms with van der Waals surface area (Å²) >= 11 is 1.81. The topological polar surface area (TPSA) is 47.6 Å². The summed E-state index contributed by atoms with van der Waals surface area (Å²) in [5.41, 5.74) is 7.95. The highest BCUT2D eigenvalue weighted by Gasteiger charge is 2.35. The van der Waals surface area contributed by atoms with Gasteiger partial charge in [0.15, 0.2) is 0 Å². The Morgan fingerprint density at radius 1 is 1.21 bits per heavy atom. The second-order valence-electron chi connectivity index (χ2n) is 8.36. The van der Waals surface area contributed by atoms with Gasteiger partial charge in [0.1, 0.15) is 6.04 Å². The van der Waals surface area contributed by atoms with Gasteiger partial charge in [-0.25, -0.2) is 10.9 Å². The molecule has 2 N–H and O–H groups in total. The van der Waals surface area contributed by atoms with Crippen molar-refractivity contribution in [2.24, 2.45) is 0 Å². The van der Waals surface area contributed by atoms with Crippen LogP contribution in [0.1, 0.15) is 40.6 Å². The van der Waals surface area contributed by atoms with Crippen LogP contribution in [0.5, 0.6) is 0 Å². The number of benzene rings is 1. The van der Waals surface area contributed by atoms with E-state index in [4.69, 9.17) is 0 Å². The third-order valence-electron chi connectivity index (χ3n) is 6.24.